The van der Waals surface area contributed by atoms with Crippen molar-refractivity contribution in [2.75, 3.05) is 13.7 Å². The van der Waals surface area contributed by atoms with Crippen molar-refractivity contribution in [2.45, 2.75) is 26.4 Å². The third-order valence-corrected chi connectivity index (χ3v) is 6.54. The van der Waals surface area contributed by atoms with Crippen molar-refractivity contribution in [1.29, 1.82) is 0 Å². The Balaban J connectivity index is 1.69. The maximum absolute atomic E-state index is 13.7. The van der Waals surface area contributed by atoms with Gasteiger partial charge in [-0.2, -0.15) is 0 Å². The number of carbonyl (C=O) groups excluding carboxylic acids is 4. The molecule has 0 saturated carbocycles. The predicted octanol–water partition coefficient (Wildman–Crippen LogP) is 4.26. The molecule has 0 aliphatic carbocycles. The smallest absolute Gasteiger partial charge is 0.408 e. The number of fused-ring (bicyclic) bond motifs is 10. The molecule has 0 fully saturated rings. The van der Waals surface area contributed by atoms with Crippen LogP contribution in [-0.2, 0) is 4.74 Å². The fourth-order valence-corrected chi connectivity index (χ4v) is 5.15. The highest BCUT2D eigenvalue weighted by atomic mass is 16.6. The number of ether oxygens (including phenoxy) is 2. The SMILES string of the molecule is COc1ccc2c(c1)c1c3c(n4c5ccccc5cc4c1n2C(=O)CNC(=O)OC(C)(C)C)C(=O)NC3=O. The molecule has 6 rings (SSSR count). The van der Waals surface area contributed by atoms with E-state index in [1.54, 1.807) is 43.4 Å². The molecule has 1 aliphatic rings. The van der Waals surface area contributed by atoms with Gasteiger partial charge < -0.3 is 19.2 Å². The van der Waals surface area contributed by atoms with Crippen molar-refractivity contribution in [3.63, 3.8) is 0 Å². The number of para-hydroxylation sites is 1. The fourth-order valence-electron chi connectivity index (χ4n) is 5.15. The maximum atomic E-state index is 13.7. The first-order valence-electron chi connectivity index (χ1n) is 12.0. The largest absolute Gasteiger partial charge is 0.497 e. The van der Waals surface area contributed by atoms with Gasteiger partial charge in [-0.05, 0) is 51.1 Å². The third-order valence-electron chi connectivity index (χ3n) is 6.54. The van der Waals surface area contributed by atoms with Crippen LogP contribution in [0.3, 0.4) is 0 Å². The first kappa shape index (κ1) is 23.5. The van der Waals surface area contributed by atoms with Gasteiger partial charge in [0.2, 0.25) is 0 Å². The molecule has 0 atom stereocenters. The van der Waals surface area contributed by atoms with Crippen LogP contribution < -0.4 is 15.4 Å². The van der Waals surface area contributed by atoms with Crippen LogP contribution in [0.5, 0.6) is 5.75 Å². The highest BCUT2D eigenvalue weighted by molar-refractivity contribution is 6.33. The van der Waals surface area contributed by atoms with E-state index in [0.29, 0.717) is 33.1 Å². The van der Waals surface area contributed by atoms with Crippen LogP contribution in [0.1, 0.15) is 46.4 Å². The number of nitrogens with one attached hydrogen (secondary N) is 2. The average Bonchev–Trinajstić information content (AvgIpc) is 3.50. The molecule has 0 saturated heterocycles. The monoisotopic (exact) mass is 512 g/mol. The first-order chi connectivity index (χ1) is 18.1. The molecule has 10 nitrogen and oxygen atoms in total. The van der Waals surface area contributed by atoms with E-state index in [1.165, 1.54) is 11.7 Å². The first-order valence-corrected chi connectivity index (χ1v) is 12.0. The average molecular weight is 513 g/mol. The van der Waals surface area contributed by atoms with Crippen LogP contribution in [0.25, 0.3) is 38.2 Å². The predicted molar refractivity (Wildman–Crippen MR) is 141 cm³/mol. The minimum absolute atomic E-state index is 0.184. The molecule has 3 amide bonds. The lowest BCUT2D eigenvalue weighted by Crippen LogP contribution is -2.36. The molecule has 10 heteroatoms. The number of methoxy groups -OCH3 is 1. The maximum Gasteiger partial charge on any atom is 0.408 e. The number of benzene rings is 2. The van der Waals surface area contributed by atoms with Gasteiger partial charge in [0.1, 0.15) is 23.6 Å². The topological polar surface area (TPSA) is 120 Å². The molecule has 1 aliphatic heterocycles. The Bertz CT molecular complexity index is 1870. The zero-order chi connectivity index (χ0) is 26.9. The molecule has 0 radical (unpaired) electrons. The van der Waals surface area contributed by atoms with Crippen LogP contribution in [0.4, 0.5) is 4.79 Å². The van der Waals surface area contributed by atoms with E-state index in [-0.39, 0.29) is 17.8 Å². The highest BCUT2D eigenvalue weighted by Gasteiger charge is 2.36. The summed E-state index contributed by atoms with van der Waals surface area (Å²) in [4.78, 5) is 52.3. The zero-order valence-corrected chi connectivity index (χ0v) is 21.2. The molecule has 3 aromatic heterocycles. The number of nitrogens with zero attached hydrogens (tertiary/aromatic N) is 2. The third kappa shape index (κ3) is 3.41. The number of hydrogen-bond acceptors (Lipinski definition) is 6. The van der Waals surface area contributed by atoms with Gasteiger partial charge in [0.15, 0.2) is 0 Å². The number of rotatable bonds is 3. The van der Waals surface area contributed by atoms with Crippen molar-refractivity contribution < 1.29 is 28.7 Å². The molecular formula is C28H24N4O6. The van der Waals surface area contributed by atoms with E-state index in [4.69, 9.17) is 9.47 Å². The van der Waals surface area contributed by atoms with E-state index in [1.807, 2.05) is 30.3 Å². The number of pyridine rings is 1. The van der Waals surface area contributed by atoms with Crippen LogP contribution in [0.15, 0.2) is 48.5 Å². The standard InChI is InChI=1S/C28H24N4O6/c1-28(2,3)38-27(36)29-13-20(33)32-18-10-9-15(37-4)12-16(18)21-22-24(26(35)30-25(22)34)31-17-8-6-5-7-14(17)11-19(31)23(21)32/h5-12H,13H2,1-4H3,(H,29,36)(H,30,34,35). The minimum atomic E-state index is -0.727. The summed E-state index contributed by atoms with van der Waals surface area (Å²) in [6.07, 6.45) is -0.724. The number of carbonyl (C=O) groups is 4. The summed E-state index contributed by atoms with van der Waals surface area (Å²) in [5.41, 5.74) is 1.91. The number of hydrogen-bond donors (Lipinski definition) is 2. The quantitative estimate of drug-likeness (QED) is 0.349. The van der Waals surface area contributed by atoms with E-state index >= 15 is 0 Å². The summed E-state index contributed by atoms with van der Waals surface area (Å²) in [6, 6.07) is 14.5. The molecule has 38 heavy (non-hydrogen) atoms. The number of imide groups is 1. The van der Waals surface area contributed by atoms with Gasteiger partial charge in [0.05, 0.1) is 34.7 Å². The molecule has 0 unspecified atom stereocenters. The van der Waals surface area contributed by atoms with Gasteiger partial charge in [-0.25, -0.2) is 4.79 Å². The summed E-state index contributed by atoms with van der Waals surface area (Å²) >= 11 is 0. The molecular weight excluding hydrogens is 488 g/mol. The van der Waals surface area contributed by atoms with E-state index in [0.717, 1.165) is 10.9 Å². The molecule has 192 valence electrons. The zero-order valence-electron chi connectivity index (χ0n) is 21.2. The molecule has 0 bridgehead atoms. The summed E-state index contributed by atoms with van der Waals surface area (Å²) in [5, 5.41) is 6.80. The van der Waals surface area contributed by atoms with Gasteiger partial charge >= 0.3 is 6.09 Å². The van der Waals surface area contributed by atoms with E-state index in [2.05, 4.69) is 10.6 Å². The second kappa shape index (κ2) is 8.07. The summed E-state index contributed by atoms with van der Waals surface area (Å²) in [5.74, 6) is -0.983. The Morgan fingerprint density at radius 3 is 2.47 bits per heavy atom. The van der Waals surface area contributed by atoms with Crippen LogP contribution in [-0.4, -0.2) is 52.0 Å². The lowest BCUT2D eigenvalue weighted by Gasteiger charge is -2.19. The Labute approximate surface area is 216 Å². The van der Waals surface area contributed by atoms with Crippen molar-refractivity contribution >= 4 is 62.0 Å². The summed E-state index contributed by atoms with van der Waals surface area (Å²) in [6.45, 7) is 4.84. The van der Waals surface area contributed by atoms with E-state index < -0.39 is 29.4 Å². The van der Waals surface area contributed by atoms with Gasteiger partial charge in [0, 0.05) is 16.2 Å². The fraction of sp³-hybridized carbons (Fsp3) is 0.214. The van der Waals surface area contributed by atoms with Crippen molar-refractivity contribution in [1.82, 2.24) is 19.6 Å². The molecule has 5 aromatic rings. The molecule has 2 aromatic carbocycles. The Morgan fingerprint density at radius 1 is 0.974 bits per heavy atom. The van der Waals surface area contributed by atoms with Gasteiger partial charge in [-0.3, -0.25) is 24.3 Å². The Kier molecular flexibility index (Phi) is 5.00. The molecule has 2 N–H and O–H groups in total. The van der Waals surface area contributed by atoms with Crippen LogP contribution in [0.2, 0.25) is 0 Å². The number of aromatic nitrogens is 2. The van der Waals surface area contributed by atoms with Gasteiger partial charge in [-0.1, -0.05) is 18.2 Å². The van der Waals surface area contributed by atoms with Crippen LogP contribution in [0, 0.1) is 0 Å². The Hall–Kier alpha value is -4.86. The van der Waals surface area contributed by atoms with Crippen molar-refractivity contribution in [3.05, 3.63) is 59.8 Å². The second-order valence-corrected chi connectivity index (χ2v) is 10.1. The van der Waals surface area contributed by atoms with Crippen molar-refractivity contribution in [3.8, 4) is 5.75 Å². The lowest BCUT2D eigenvalue weighted by atomic mass is 10.1. The van der Waals surface area contributed by atoms with Crippen molar-refractivity contribution in [2.24, 2.45) is 0 Å². The summed E-state index contributed by atoms with van der Waals surface area (Å²) < 4.78 is 13.9. The van der Waals surface area contributed by atoms with Gasteiger partial charge in [0.25, 0.3) is 17.7 Å². The Morgan fingerprint density at radius 2 is 1.74 bits per heavy atom. The second-order valence-electron chi connectivity index (χ2n) is 10.1. The summed E-state index contributed by atoms with van der Waals surface area (Å²) in [7, 11) is 1.52. The normalized spacial score (nSPS) is 13.4. The molecule has 0 spiro atoms. The minimum Gasteiger partial charge on any atom is -0.497 e. The van der Waals surface area contributed by atoms with E-state index in [9.17, 15) is 19.2 Å². The lowest BCUT2D eigenvalue weighted by molar-refractivity contribution is 0.0515. The molecule has 4 heterocycles. The number of amides is 3. The van der Waals surface area contributed by atoms with Crippen LogP contribution >= 0.6 is 0 Å². The van der Waals surface area contributed by atoms with Gasteiger partial charge in [-0.15, -0.1) is 0 Å². The highest BCUT2D eigenvalue weighted by Crippen LogP contribution is 2.41. The number of alkyl carbamates (subject to hydrolysis) is 1.